The largest absolute Gasteiger partial charge is 0.480 e. The van der Waals surface area contributed by atoms with Crippen LogP contribution >= 0.6 is 7.60 Å². The molecular formula is C7H13N2O6P. The predicted molar refractivity (Wildman–Crippen MR) is 52.8 cm³/mol. The molecule has 1 atom stereocenters. The van der Waals surface area contributed by atoms with E-state index in [4.69, 9.17) is 14.9 Å². The summed E-state index contributed by atoms with van der Waals surface area (Å²) < 4.78 is 10.5. The molecule has 9 heteroatoms. The van der Waals surface area contributed by atoms with E-state index >= 15 is 0 Å². The van der Waals surface area contributed by atoms with Crippen LogP contribution in [0.15, 0.2) is 0 Å². The van der Waals surface area contributed by atoms with Crippen molar-refractivity contribution in [2.24, 2.45) is 0 Å². The van der Waals surface area contributed by atoms with Crippen molar-refractivity contribution in [2.75, 3.05) is 12.8 Å². The smallest absolute Gasteiger partial charge is 0.344 e. The zero-order valence-electron chi connectivity index (χ0n) is 8.37. The maximum atomic E-state index is 11.4. The Morgan fingerprint density at radius 3 is 2.56 bits per heavy atom. The minimum absolute atomic E-state index is 0.282. The fourth-order valence-electron chi connectivity index (χ4n) is 1.54. The van der Waals surface area contributed by atoms with E-state index in [1.807, 2.05) is 5.32 Å². The Balaban J connectivity index is 2.54. The molecule has 0 aromatic rings. The minimum atomic E-state index is -4.31. The fraction of sp³-hybridized carbons (Fsp3) is 0.714. The Morgan fingerprint density at radius 1 is 1.44 bits per heavy atom. The van der Waals surface area contributed by atoms with Gasteiger partial charge in [-0.25, -0.2) is 9.59 Å². The number of hydrogen-bond donors (Lipinski definition) is 4. The highest BCUT2D eigenvalue weighted by Crippen LogP contribution is 2.32. The van der Waals surface area contributed by atoms with E-state index in [1.54, 1.807) is 0 Å². The van der Waals surface area contributed by atoms with E-state index in [1.165, 1.54) is 0 Å². The van der Waals surface area contributed by atoms with Gasteiger partial charge in [0.15, 0.2) is 0 Å². The number of carboxylic acids is 1. The summed E-state index contributed by atoms with van der Waals surface area (Å²) in [6, 6.07) is -1.66. The van der Waals surface area contributed by atoms with Crippen molar-refractivity contribution in [3.8, 4) is 0 Å². The lowest BCUT2D eigenvalue weighted by Crippen LogP contribution is -2.46. The molecule has 92 valence electrons. The summed E-state index contributed by atoms with van der Waals surface area (Å²) in [7, 11) is -4.31. The molecule has 16 heavy (non-hydrogen) atoms. The lowest BCUT2D eigenvalue weighted by Gasteiger charge is -2.21. The number of carbonyl (C=O) groups excluding carboxylic acids is 1. The first-order valence-electron chi connectivity index (χ1n) is 4.63. The third-order valence-corrected chi connectivity index (χ3v) is 2.81. The number of aliphatic carboxylic acids is 1. The van der Waals surface area contributed by atoms with Crippen molar-refractivity contribution < 1.29 is 29.0 Å². The van der Waals surface area contributed by atoms with Crippen LogP contribution in [0.5, 0.6) is 0 Å². The molecule has 0 unspecified atom stereocenters. The Morgan fingerprint density at radius 2 is 2.06 bits per heavy atom. The van der Waals surface area contributed by atoms with E-state index < -0.39 is 31.9 Å². The molecule has 1 fully saturated rings. The number of carboxylic acid groups (broad SMARTS) is 1. The SMILES string of the molecule is O=C(O)[C@@H]1CCCN1C(=O)NCP(=O)(O)O. The second-order valence-corrected chi connectivity index (χ2v) is 5.14. The molecule has 0 aliphatic carbocycles. The van der Waals surface area contributed by atoms with Crippen LogP contribution < -0.4 is 5.32 Å². The molecule has 2 amide bonds. The highest BCUT2D eigenvalue weighted by Gasteiger charge is 2.34. The molecule has 0 saturated carbocycles. The van der Waals surface area contributed by atoms with Gasteiger partial charge in [0.25, 0.3) is 0 Å². The zero-order chi connectivity index (χ0) is 12.3. The van der Waals surface area contributed by atoms with E-state index in [0.717, 1.165) is 4.90 Å². The molecule has 0 spiro atoms. The summed E-state index contributed by atoms with van der Waals surface area (Å²) in [6.07, 6.45) is 0.146. The van der Waals surface area contributed by atoms with Crippen LogP contribution in [0.4, 0.5) is 4.79 Å². The second-order valence-electron chi connectivity index (χ2n) is 3.49. The number of likely N-dealkylation sites (tertiary alicyclic amines) is 1. The van der Waals surface area contributed by atoms with Gasteiger partial charge in [-0.15, -0.1) is 0 Å². The van der Waals surface area contributed by atoms with Gasteiger partial charge >= 0.3 is 19.6 Å². The van der Waals surface area contributed by atoms with Gasteiger partial charge < -0.3 is 25.1 Å². The fourth-order valence-corrected chi connectivity index (χ4v) is 1.88. The van der Waals surface area contributed by atoms with Gasteiger partial charge in [-0.1, -0.05) is 0 Å². The second kappa shape index (κ2) is 4.82. The van der Waals surface area contributed by atoms with E-state index in [9.17, 15) is 14.2 Å². The summed E-state index contributed by atoms with van der Waals surface area (Å²) in [4.78, 5) is 40.3. The molecule has 0 aromatic heterocycles. The van der Waals surface area contributed by atoms with Crippen LogP contribution in [0, 0.1) is 0 Å². The summed E-state index contributed by atoms with van der Waals surface area (Å²) in [5, 5.41) is 10.8. The number of urea groups is 1. The van der Waals surface area contributed by atoms with Gasteiger partial charge in [0.2, 0.25) is 0 Å². The standard InChI is InChI=1S/C7H13N2O6P/c10-6(11)5-2-1-3-9(5)7(12)8-4-16(13,14)15/h5H,1-4H2,(H,8,12)(H,10,11)(H2,13,14,15)/t5-/m0/s1. The monoisotopic (exact) mass is 252 g/mol. The van der Waals surface area contributed by atoms with Gasteiger partial charge in [0.05, 0.1) is 0 Å². The van der Waals surface area contributed by atoms with Crippen molar-refractivity contribution in [1.82, 2.24) is 10.2 Å². The van der Waals surface area contributed by atoms with E-state index in [2.05, 4.69) is 0 Å². The van der Waals surface area contributed by atoms with Crippen molar-refractivity contribution in [3.05, 3.63) is 0 Å². The predicted octanol–water partition coefficient (Wildman–Crippen LogP) is -0.620. The summed E-state index contributed by atoms with van der Waals surface area (Å²) >= 11 is 0. The van der Waals surface area contributed by atoms with Crippen molar-refractivity contribution >= 4 is 19.6 Å². The van der Waals surface area contributed by atoms with E-state index in [0.29, 0.717) is 12.8 Å². The van der Waals surface area contributed by atoms with Gasteiger partial charge in [0, 0.05) is 6.54 Å². The minimum Gasteiger partial charge on any atom is -0.480 e. The van der Waals surface area contributed by atoms with Crippen LogP contribution in [-0.4, -0.2) is 50.7 Å². The molecule has 8 nitrogen and oxygen atoms in total. The lowest BCUT2D eigenvalue weighted by atomic mass is 10.2. The van der Waals surface area contributed by atoms with Crippen LogP contribution in [0.25, 0.3) is 0 Å². The molecule has 1 rings (SSSR count). The molecule has 0 bridgehead atoms. The third kappa shape index (κ3) is 3.48. The van der Waals surface area contributed by atoms with Crippen molar-refractivity contribution in [1.29, 1.82) is 0 Å². The van der Waals surface area contributed by atoms with Crippen LogP contribution in [-0.2, 0) is 9.36 Å². The van der Waals surface area contributed by atoms with Crippen LogP contribution in [0.3, 0.4) is 0 Å². The topological polar surface area (TPSA) is 127 Å². The van der Waals surface area contributed by atoms with Gasteiger partial charge in [-0.05, 0) is 12.8 Å². The van der Waals surface area contributed by atoms with Crippen molar-refractivity contribution in [3.63, 3.8) is 0 Å². The summed E-state index contributed by atoms with van der Waals surface area (Å²) in [5.41, 5.74) is 0. The number of rotatable bonds is 3. The molecule has 0 aromatic carbocycles. The highest BCUT2D eigenvalue weighted by atomic mass is 31.2. The van der Waals surface area contributed by atoms with Gasteiger partial charge in [0.1, 0.15) is 12.3 Å². The zero-order valence-corrected chi connectivity index (χ0v) is 9.26. The first-order valence-corrected chi connectivity index (χ1v) is 6.43. The maximum Gasteiger partial charge on any atom is 0.344 e. The highest BCUT2D eigenvalue weighted by molar-refractivity contribution is 7.51. The number of hydrogen-bond acceptors (Lipinski definition) is 3. The number of amides is 2. The summed E-state index contributed by atoms with van der Waals surface area (Å²) in [6.45, 7) is 0.282. The Hall–Kier alpha value is -1.11. The van der Waals surface area contributed by atoms with Crippen molar-refractivity contribution in [2.45, 2.75) is 18.9 Å². The Bertz CT molecular complexity index is 340. The van der Waals surface area contributed by atoms with Crippen LogP contribution in [0.1, 0.15) is 12.8 Å². The normalized spacial score (nSPS) is 20.9. The van der Waals surface area contributed by atoms with Crippen LogP contribution in [0.2, 0.25) is 0 Å². The summed E-state index contributed by atoms with van der Waals surface area (Å²) in [5.74, 6) is -1.11. The average molecular weight is 252 g/mol. The number of carbonyl (C=O) groups is 2. The molecule has 1 heterocycles. The lowest BCUT2D eigenvalue weighted by molar-refractivity contribution is -0.141. The van der Waals surface area contributed by atoms with Gasteiger partial charge in [-0.2, -0.15) is 0 Å². The quantitative estimate of drug-likeness (QED) is 0.496. The Kier molecular flexibility index (Phi) is 3.90. The first kappa shape index (κ1) is 13.0. The molecule has 1 aliphatic rings. The van der Waals surface area contributed by atoms with E-state index in [-0.39, 0.29) is 6.54 Å². The maximum absolute atomic E-state index is 11.4. The average Bonchev–Trinajstić information content (AvgIpc) is 2.61. The molecule has 1 saturated heterocycles. The number of nitrogens with zero attached hydrogens (tertiary/aromatic N) is 1. The third-order valence-electron chi connectivity index (χ3n) is 2.23. The molecule has 0 radical (unpaired) electrons. The molecular weight excluding hydrogens is 239 g/mol. The first-order chi connectivity index (χ1) is 7.31. The molecule has 4 N–H and O–H groups in total. The number of nitrogens with one attached hydrogen (secondary N) is 1. The van der Waals surface area contributed by atoms with Gasteiger partial charge in [-0.3, -0.25) is 4.57 Å². The Labute approximate surface area is 91.4 Å². The molecule has 1 aliphatic heterocycles.